The van der Waals surface area contributed by atoms with Crippen LogP contribution < -0.4 is 10.6 Å². The first-order chi connectivity index (χ1) is 9.54. The Morgan fingerprint density at radius 1 is 1.10 bits per heavy atom. The fourth-order valence-electron chi connectivity index (χ4n) is 1.47. The standard InChI is InChI=1S/C13H11ClN4O2/c1-8(19)9-2-4-10(5-3-9)17-13(20)18-12-6-11(14)15-7-16-12/h2-7H,1H3,(H2,15,16,17,18,20). The highest BCUT2D eigenvalue weighted by molar-refractivity contribution is 6.29. The largest absolute Gasteiger partial charge is 0.324 e. The normalized spacial score (nSPS) is 9.90. The highest BCUT2D eigenvalue weighted by Gasteiger charge is 2.05. The number of anilines is 2. The monoisotopic (exact) mass is 290 g/mol. The van der Waals surface area contributed by atoms with Gasteiger partial charge in [-0.15, -0.1) is 0 Å². The molecule has 0 radical (unpaired) electrons. The van der Waals surface area contributed by atoms with Crippen molar-refractivity contribution >= 4 is 34.9 Å². The Morgan fingerprint density at radius 3 is 2.40 bits per heavy atom. The van der Waals surface area contributed by atoms with Crippen molar-refractivity contribution < 1.29 is 9.59 Å². The molecule has 0 aliphatic rings. The van der Waals surface area contributed by atoms with Crippen LogP contribution in [0.5, 0.6) is 0 Å². The van der Waals surface area contributed by atoms with Crippen molar-refractivity contribution in [1.82, 2.24) is 9.97 Å². The lowest BCUT2D eigenvalue weighted by molar-refractivity contribution is 0.101. The molecule has 0 aliphatic carbocycles. The number of aromatic nitrogens is 2. The molecular weight excluding hydrogens is 280 g/mol. The van der Waals surface area contributed by atoms with E-state index in [4.69, 9.17) is 11.6 Å². The Morgan fingerprint density at radius 2 is 1.80 bits per heavy atom. The number of benzene rings is 1. The third-order valence-corrected chi connectivity index (χ3v) is 2.63. The average molecular weight is 291 g/mol. The van der Waals surface area contributed by atoms with Crippen molar-refractivity contribution in [2.45, 2.75) is 6.92 Å². The van der Waals surface area contributed by atoms with Gasteiger partial charge in [-0.05, 0) is 31.2 Å². The first kappa shape index (κ1) is 14.0. The summed E-state index contributed by atoms with van der Waals surface area (Å²) in [5.41, 5.74) is 1.14. The van der Waals surface area contributed by atoms with Gasteiger partial charge in [0.15, 0.2) is 5.78 Å². The lowest BCUT2D eigenvalue weighted by Crippen LogP contribution is -2.20. The lowest BCUT2D eigenvalue weighted by atomic mass is 10.1. The average Bonchev–Trinajstić information content (AvgIpc) is 2.39. The van der Waals surface area contributed by atoms with E-state index in [1.54, 1.807) is 24.3 Å². The number of amides is 2. The summed E-state index contributed by atoms with van der Waals surface area (Å²) in [5, 5.41) is 5.36. The molecule has 1 heterocycles. The molecule has 6 nitrogen and oxygen atoms in total. The van der Waals surface area contributed by atoms with Crippen molar-refractivity contribution in [3.05, 3.63) is 47.4 Å². The second kappa shape index (κ2) is 6.12. The number of rotatable bonds is 3. The van der Waals surface area contributed by atoms with E-state index >= 15 is 0 Å². The molecular formula is C13H11ClN4O2. The van der Waals surface area contributed by atoms with Gasteiger partial charge in [0.1, 0.15) is 17.3 Å². The van der Waals surface area contributed by atoms with E-state index in [0.29, 0.717) is 17.1 Å². The van der Waals surface area contributed by atoms with Gasteiger partial charge in [-0.3, -0.25) is 10.1 Å². The minimum atomic E-state index is -0.463. The molecule has 0 bridgehead atoms. The van der Waals surface area contributed by atoms with Crippen molar-refractivity contribution in [3.63, 3.8) is 0 Å². The topological polar surface area (TPSA) is 84.0 Å². The number of hydrogen-bond acceptors (Lipinski definition) is 4. The van der Waals surface area contributed by atoms with Crippen LogP contribution in [0.4, 0.5) is 16.3 Å². The van der Waals surface area contributed by atoms with Crippen LogP contribution >= 0.6 is 11.6 Å². The van der Waals surface area contributed by atoms with E-state index in [1.807, 2.05) is 0 Å². The van der Waals surface area contributed by atoms with Gasteiger partial charge in [-0.1, -0.05) is 11.6 Å². The maximum atomic E-state index is 11.7. The highest BCUT2D eigenvalue weighted by Crippen LogP contribution is 2.12. The summed E-state index contributed by atoms with van der Waals surface area (Å²) >= 11 is 5.68. The van der Waals surface area contributed by atoms with Gasteiger partial charge in [0, 0.05) is 17.3 Å². The van der Waals surface area contributed by atoms with Gasteiger partial charge in [0.05, 0.1) is 0 Å². The molecule has 0 saturated heterocycles. The first-order valence-electron chi connectivity index (χ1n) is 5.71. The molecule has 0 atom stereocenters. The fraction of sp³-hybridized carbons (Fsp3) is 0.0769. The number of ketones is 1. The van der Waals surface area contributed by atoms with Crippen molar-refractivity contribution in [2.75, 3.05) is 10.6 Å². The SMILES string of the molecule is CC(=O)c1ccc(NC(=O)Nc2cc(Cl)ncn2)cc1. The number of nitrogens with one attached hydrogen (secondary N) is 2. The number of Topliss-reactive ketones (excluding diaryl/α,β-unsaturated/α-hetero) is 1. The molecule has 0 unspecified atom stereocenters. The third-order valence-electron chi connectivity index (χ3n) is 2.42. The van der Waals surface area contributed by atoms with Crippen LogP contribution in [0, 0.1) is 0 Å². The second-order valence-corrected chi connectivity index (χ2v) is 4.33. The maximum Gasteiger partial charge on any atom is 0.324 e. The number of hydrogen-bond donors (Lipinski definition) is 2. The smallest absolute Gasteiger partial charge is 0.308 e. The zero-order valence-corrected chi connectivity index (χ0v) is 11.3. The van der Waals surface area contributed by atoms with E-state index < -0.39 is 6.03 Å². The summed E-state index contributed by atoms with van der Waals surface area (Å²) in [7, 11) is 0. The number of nitrogens with zero attached hydrogens (tertiary/aromatic N) is 2. The molecule has 2 amide bonds. The van der Waals surface area contributed by atoms with Crippen LogP contribution in [0.15, 0.2) is 36.7 Å². The first-order valence-corrected chi connectivity index (χ1v) is 6.09. The summed E-state index contributed by atoms with van der Waals surface area (Å²) in [6, 6.07) is 7.53. The van der Waals surface area contributed by atoms with Crippen LogP contribution in [-0.2, 0) is 0 Å². The number of carbonyl (C=O) groups excluding carboxylic acids is 2. The third kappa shape index (κ3) is 3.76. The van der Waals surface area contributed by atoms with Crippen LogP contribution in [0.3, 0.4) is 0 Å². The van der Waals surface area contributed by atoms with Gasteiger partial charge in [-0.25, -0.2) is 14.8 Å². The van der Waals surface area contributed by atoms with Crippen molar-refractivity contribution in [2.24, 2.45) is 0 Å². The second-order valence-electron chi connectivity index (χ2n) is 3.94. The van der Waals surface area contributed by atoms with Crippen LogP contribution in [0.2, 0.25) is 5.15 Å². The minimum Gasteiger partial charge on any atom is -0.308 e. The van der Waals surface area contributed by atoms with Crippen LogP contribution in [0.1, 0.15) is 17.3 Å². The summed E-state index contributed by atoms with van der Waals surface area (Å²) in [4.78, 5) is 30.4. The Balaban J connectivity index is 1.99. The molecule has 20 heavy (non-hydrogen) atoms. The molecule has 2 aromatic rings. The molecule has 102 valence electrons. The molecule has 0 aliphatic heterocycles. The molecule has 0 saturated carbocycles. The molecule has 0 fully saturated rings. The molecule has 7 heteroatoms. The quantitative estimate of drug-likeness (QED) is 0.672. The summed E-state index contributed by atoms with van der Waals surface area (Å²) in [5.74, 6) is 0.263. The van der Waals surface area contributed by atoms with E-state index in [0.717, 1.165) is 0 Å². The molecule has 0 spiro atoms. The van der Waals surface area contributed by atoms with Gasteiger partial charge >= 0.3 is 6.03 Å². The predicted molar refractivity (Wildman–Crippen MR) is 76.1 cm³/mol. The van der Waals surface area contributed by atoms with Crippen molar-refractivity contribution in [1.29, 1.82) is 0 Å². The van der Waals surface area contributed by atoms with E-state index in [9.17, 15) is 9.59 Å². The van der Waals surface area contributed by atoms with Crippen molar-refractivity contribution in [3.8, 4) is 0 Å². The zero-order chi connectivity index (χ0) is 14.5. The van der Waals surface area contributed by atoms with Gasteiger partial charge in [-0.2, -0.15) is 0 Å². The number of urea groups is 1. The van der Waals surface area contributed by atoms with Gasteiger partial charge in [0.25, 0.3) is 0 Å². The fourth-order valence-corrected chi connectivity index (χ4v) is 1.62. The minimum absolute atomic E-state index is 0.0309. The highest BCUT2D eigenvalue weighted by atomic mass is 35.5. The predicted octanol–water partition coefficient (Wildman–Crippen LogP) is 2.98. The van der Waals surface area contributed by atoms with E-state index in [2.05, 4.69) is 20.6 Å². The zero-order valence-electron chi connectivity index (χ0n) is 10.6. The van der Waals surface area contributed by atoms with E-state index in [1.165, 1.54) is 19.3 Å². The van der Waals surface area contributed by atoms with Gasteiger partial charge < -0.3 is 5.32 Å². The lowest BCUT2D eigenvalue weighted by Gasteiger charge is -2.07. The molecule has 1 aromatic heterocycles. The summed E-state index contributed by atoms with van der Waals surface area (Å²) < 4.78 is 0. The Hall–Kier alpha value is -2.47. The number of carbonyl (C=O) groups is 2. The Labute approximate surface area is 120 Å². The van der Waals surface area contributed by atoms with Crippen LogP contribution in [-0.4, -0.2) is 21.8 Å². The van der Waals surface area contributed by atoms with Gasteiger partial charge in [0.2, 0.25) is 0 Å². The maximum absolute atomic E-state index is 11.7. The molecule has 1 aromatic carbocycles. The molecule has 2 rings (SSSR count). The summed E-state index contributed by atoms with van der Waals surface area (Å²) in [6.07, 6.45) is 1.25. The Kier molecular flexibility index (Phi) is 4.27. The number of halogens is 1. The molecule has 2 N–H and O–H groups in total. The van der Waals surface area contributed by atoms with Crippen LogP contribution in [0.25, 0.3) is 0 Å². The summed E-state index contributed by atoms with van der Waals surface area (Å²) in [6.45, 7) is 1.48. The Bertz CT molecular complexity index is 643. The van der Waals surface area contributed by atoms with E-state index in [-0.39, 0.29) is 10.9 Å².